The van der Waals surface area contributed by atoms with Gasteiger partial charge in [0.25, 0.3) is 0 Å². The van der Waals surface area contributed by atoms with E-state index in [0.717, 1.165) is 37.5 Å². The van der Waals surface area contributed by atoms with Gasteiger partial charge in [-0.2, -0.15) is 13.2 Å². The Kier molecular flexibility index (Phi) is 6.07. The van der Waals surface area contributed by atoms with Crippen molar-refractivity contribution in [3.8, 4) is 0 Å². The van der Waals surface area contributed by atoms with Crippen LogP contribution in [0.5, 0.6) is 0 Å². The van der Waals surface area contributed by atoms with Crippen molar-refractivity contribution in [1.29, 1.82) is 0 Å². The Bertz CT molecular complexity index is 578. The maximum absolute atomic E-state index is 12.7. The van der Waals surface area contributed by atoms with E-state index in [9.17, 15) is 18.0 Å². The van der Waals surface area contributed by atoms with Gasteiger partial charge < -0.3 is 9.47 Å². The summed E-state index contributed by atoms with van der Waals surface area (Å²) in [7, 11) is 0. The van der Waals surface area contributed by atoms with Crippen molar-refractivity contribution in [1.82, 2.24) is 0 Å². The standard InChI is InChI=1S/C16H16ClF3O3/c17-14-6-4-11(9-13(14)16(18,19)20)5-7-15(21)23-10-12-3-1-2-8-22-12/h4-7,9,12H,1-3,8,10H2/b7-5+. The zero-order chi connectivity index (χ0) is 16.9. The van der Waals surface area contributed by atoms with Gasteiger partial charge in [-0.3, -0.25) is 0 Å². The molecule has 2 rings (SSSR count). The molecule has 1 aliphatic rings. The molecule has 1 aromatic rings. The lowest BCUT2D eigenvalue weighted by Crippen LogP contribution is -2.25. The number of alkyl halides is 3. The summed E-state index contributed by atoms with van der Waals surface area (Å²) < 4.78 is 48.7. The quantitative estimate of drug-likeness (QED) is 0.594. The second kappa shape index (κ2) is 7.84. The molecular weight excluding hydrogens is 333 g/mol. The highest BCUT2D eigenvalue weighted by molar-refractivity contribution is 6.31. The molecule has 0 spiro atoms. The Morgan fingerprint density at radius 3 is 2.83 bits per heavy atom. The third-order valence-electron chi connectivity index (χ3n) is 3.39. The summed E-state index contributed by atoms with van der Waals surface area (Å²) in [5.41, 5.74) is -0.724. The summed E-state index contributed by atoms with van der Waals surface area (Å²) in [6.07, 6.45) is 0.574. The third kappa shape index (κ3) is 5.55. The number of halogens is 4. The molecule has 0 amide bonds. The second-order valence-electron chi connectivity index (χ2n) is 5.19. The number of ether oxygens (including phenoxy) is 2. The van der Waals surface area contributed by atoms with Crippen LogP contribution in [0.4, 0.5) is 13.2 Å². The van der Waals surface area contributed by atoms with Gasteiger partial charge in [0.2, 0.25) is 0 Å². The van der Waals surface area contributed by atoms with Gasteiger partial charge in [-0.1, -0.05) is 17.7 Å². The Morgan fingerprint density at radius 1 is 1.39 bits per heavy atom. The molecular formula is C16H16ClF3O3. The van der Waals surface area contributed by atoms with Crippen molar-refractivity contribution >= 4 is 23.6 Å². The summed E-state index contributed by atoms with van der Waals surface area (Å²) in [5, 5.41) is -0.383. The number of rotatable bonds is 4. The van der Waals surface area contributed by atoms with Gasteiger partial charge in [0.1, 0.15) is 6.61 Å². The van der Waals surface area contributed by atoms with E-state index >= 15 is 0 Å². The Balaban J connectivity index is 1.92. The van der Waals surface area contributed by atoms with Gasteiger partial charge in [-0.05, 0) is 43.0 Å². The average molecular weight is 349 g/mol. The van der Waals surface area contributed by atoms with Crippen molar-refractivity contribution < 1.29 is 27.4 Å². The van der Waals surface area contributed by atoms with E-state index in [-0.39, 0.29) is 23.3 Å². The highest BCUT2D eigenvalue weighted by Crippen LogP contribution is 2.35. The zero-order valence-electron chi connectivity index (χ0n) is 12.2. The minimum Gasteiger partial charge on any atom is -0.460 e. The molecule has 1 atom stereocenters. The molecule has 1 unspecified atom stereocenters. The maximum atomic E-state index is 12.7. The number of esters is 1. The number of hydrogen-bond acceptors (Lipinski definition) is 3. The summed E-state index contributed by atoms with van der Waals surface area (Å²) >= 11 is 5.53. The Hall–Kier alpha value is -1.53. The highest BCUT2D eigenvalue weighted by Gasteiger charge is 2.33. The fourth-order valence-electron chi connectivity index (χ4n) is 2.19. The lowest BCUT2D eigenvalue weighted by Gasteiger charge is -2.21. The molecule has 0 aromatic heterocycles. The van der Waals surface area contributed by atoms with Gasteiger partial charge in [0, 0.05) is 12.7 Å². The molecule has 0 radical (unpaired) electrons. The minimum atomic E-state index is -4.54. The van der Waals surface area contributed by atoms with Gasteiger partial charge in [0.15, 0.2) is 0 Å². The van der Waals surface area contributed by atoms with E-state index in [2.05, 4.69) is 0 Å². The van der Waals surface area contributed by atoms with Crippen LogP contribution in [-0.2, 0) is 20.4 Å². The number of hydrogen-bond donors (Lipinski definition) is 0. The summed E-state index contributed by atoms with van der Waals surface area (Å²) in [6, 6.07) is 3.42. The summed E-state index contributed by atoms with van der Waals surface area (Å²) in [6.45, 7) is 0.806. The van der Waals surface area contributed by atoms with Crippen LogP contribution in [0, 0.1) is 0 Å². The van der Waals surface area contributed by atoms with E-state index in [0.29, 0.717) is 6.61 Å². The average Bonchev–Trinajstić information content (AvgIpc) is 2.52. The molecule has 1 aromatic carbocycles. The van der Waals surface area contributed by atoms with Gasteiger partial charge in [-0.15, -0.1) is 0 Å². The molecule has 0 N–H and O–H groups in total. The van der Waals surface area contributed by atoms with Crippen LogP contribution in [0.15, 0.2) is 24.3 Å². The zero-order valence-corrected chi connectivity index (χ0v) is 13.0. The van der Waals surface area contributed by atoms with Crippen LogP contribution >= 0.6 is 11.6 Å². The topological polar surface area (TPSA) is 35.5 Å². The van der Waals surface area contributed by atoms with Crippen LogP contribution in [0.25, 0.3) is 6.08 Å². The number of carbonyl (C=O) groups excluding carboxylic acids is 1. The molecule has 1 fully saturated rings. The van der Waals surface area contributed by atoms with Crippen LogP contribution in [0.3, 0.4) is 0 Å². The summed E-state index contributed by atoms with van der Waals surface area (Å²) in [4.78, 5) is 11.6. The molecule has 0 saturated carbocycles. The first kappa shape index (κ1) is 17.8. The first-order valence-electron chi connectivity index (χ1n) is 7.19. The molecule has 0 aliphatic carbocycles. The predicted octanol–water partition coefficient (Wildman–Crippen LogP) is 4.48. The number of carbonyl (C=O) groups is 1. The molecule has 0 bridgehead atoms. The smallest absolute Gasteiger partial charge is 0.417 e. The van der Waals surface area contributed by atoms with Gasteiger partial charge in [-0.25, -0.2) is 4.79 Å². The molecule has 126 valence electrons. The lowest BCUT2D eigenvalue weighted by molar-refractivity contribution is -0.143. The van der Waals surface area contributed by atoms with Crippen molar-refractivity contribution in [3.63, 3.8) is 0 Å². The van der Waals surface area contributed by atoms with Crippen LogP contribution in [-0.4, -0.2) is 25.3 Å². The van der Waals surface area contributed by atoms with Gasteiger partial charge in [0.05, 0.1) is 16.7 Å². The van der Waals surface area contributed by atoms with E-state index < -0.39 is 17.7 Å². The molecule has 1 saturated heterocycles. The van der Waals surface area contributed by atoms with E-state index in [1.54, 1.807) is 0 Å². The molecule has 1 aliphatic heterocycles. The Labute approximate surface area is 137 Å². The normalized spacial score (nSPS) is 19.0. The number of benzene rings is 1. The van der Waals surface area contributed by atoms with Crippen molar-refractivity contribution in [3.05, 3.63) is 40.4 Å². The first-order valence-corrected chi connectivity index (χ1v) is 7.57. The SMILES string of the molecule is O=C(/C=C/c1ccc(Cl)c(C(F)(F)F)c1)OCC1CCCCO1. The predicted molar refractivity (Wildman–Crippen MR) is 80.0 cm³/mol. The fourth-order valence-corrected chi connectivity index (χ4v) is 2.41. The largest absolute Gasteiger partial charge is 0.460 e. The van der Waals surface area contributed by atoms with Crippen molar-refractivity contribution in [2.24, 2.45) is 0 Å². The van der Waals surface area contributed by atoms with Crippen LogP contribution in [0.1, 0.15) is 30.4 Å². The molecule has 3 nitrogen and oxygen atoms in total. The molecule has 23 heavy (non-hydrogen) atoms. The van der Waals surface area contributed by atoms with Crippen molar-refractivity contribution in [2.45, 2.75) is 31.5 Å². The fraction of sp³-hybridized carbons (Fsp3) is 0.438. The van der Waals surface area contributed by atoms with E-state index in [1.807, 2.05) is 0 Å². The first-order chi connectivity index (χ1) is 10.9. The maximum Gasteiger partial charge on any atom is 0.417 e. The molecule has 7 heteroatoms. The van der Waals surface area contributed by atoms with Crippen LogP contribution in [0.2, 0.25) is 5.02 Å². The highest BCUT2D eigenvalue weighted by atomic mass is 35.5. The minimum absolute atomic E-state index is 0.103. The van der Waals surface area contributed by atoms with Crippen LogP contribution < -0.4 is 0 Å². The summed E-state index contributed by atoms with van der Waals surface area (Å²) in [5.74, 6) is -0.623. The lowest BCUT2D eigenvalue weighted by atomic mass is 10.1. The Morgan fingerprint density at radius 2 is 2.17 bits per heavy atom. The third-order valence-corrected chi connectivity index (χ3v) is 3.72. The van der Waals surface area contributed by atoms with E-state index in [1.165, 1.54) is 12.1 Å². The second-order valence-corrected chi connectivity index (χ2v) is 5.60. The van der Waals surface area contributed by atoms with Crippen molar-refractivity contribution in [2.75, 3.05) is 13.2 Å². The van der Waals surface area contributed by atoms with Gasteiger partial charge >= 0.3 is 12.1 Å². The van der Waals surface area contributed by atoms with E-state index in [4.69, 9.17) is 21.1 Å². The monoisotopic (exact) mass is 348 g/mol. The molecule has 1 heterocycles.